The van der Waals surface area contributed by atoms with Crippen LogP contribution in [0.2, 0.25) is 5.02 Å². The minimum atomic E-state index is -4.66. The van der Waals surface area contributed by atoms with E-state index < -0.39 is 27.6 Å². The molecule has 226 valence electrons. The fourth-order valence-electron chi connectivity index (χ4n) is 4.66. The van der Waals surface area contributed by atoms with Crippen molar-refractivity contribution in [2.75, 3.05) is 10.0 Å². The molecule has 1 aromatic heterocycles. The second-order valence-corrected chi connectivity index (χ2v) is 12.1. The van der Waals surface area contributed by atoms with Gasteiger partial charge in [0.15, 0.2) is 11.6 Å². The summed E-state index contributed by atoms with van der Waals surface area (Å²) in [4.78, 5) is 8.42. The Balaban J connectivity index is 1.42. The highest BCUT2D eigenvalue weighted by Crippen LogP contribution is 2.39. The quantitative estimate of drug-likeness (QED) is 0.175. The van der Waals surface area contributed by atoms with Gasteiger partial charge in [-0.15, -0.1) is 0 Å². The Hall–Kier alpha value is -3.94. The average molecular weight is 636 g/mol. The highest BCUT2D eigenvalue weighted by Gasteiger charge is 2.32. The molecule has 3 aromatic carbocycles. The van der Waals surface area contributed by atoms with Gasteiger partial charge in [-0.1, -0.05) is 23.7 Å². The van der Waals surface area contributed by atoms with Crippen molar-refractivity contribution in [3.8, 4) is 22.8 Å². The van der Waals surface area contributed by atoms with Crippen LogP contribution in [-0.2, 0) is 16.2 Å². The maximum absolute atomic E-state index is 15.1. The smallest absolute Gasteiger partial charge is 0.416 e. The van der Waals surface area contributed by atoms with Crippen LogP contribution in [0.1, 0.15) is 31.2 Å². The molecule has 1 aliphatic carbocycles. The Morgan fingerprint density at radius 3 is 2.37 bits per heavy atom. The number of alkyl halides is 3. The number of benzene rings is 3. The lowest BCUT2D eigenvalue weighted by atomic mass is 9.92. The summed E-state index contributed by atoms with van der Waals surface area (Å²) in [7, 11) is -4.13. The van der Waals surface area contributed by atoms with Crippen molar-refractivity contribution < 1.29 is 30.7 Å². The molecule has 8 nitrogen and oxygen atoms in total. The van der Waals surface area contributed by atoms with Crippen LogP contribution in [-0.4, -0.2) is 30.5 Å². The lowest BCUT2D eigenvalue weighted by Crippen LogP contribution is -2.33. The minimum absolute atomic E-state index is 0.0173. The first-order chi connectivity index (χ1) is 20.4. The van der Waals surface area contributed by atoms with E-state index >= 15 is 4.39 Å². The van der Waals surface area contributed by atoms with Gasteiger partial charge in [-0.3, -0.25) is 4.72 Å². The van der Waals surface area contributed by atoms with Crippen LogP contribution >= 0.6 is 11.6 Å². The molecule has 14 heteroatoms. The summed E-state index contributed by atoms with van der Waals surface area (Å²) in [5.74, 6) is -1.20. The first kappa shape index (κ1) is 30.5. The van der Waals surface area contributed by atoms with Crippen LogP contribution in [0.3, 0.4) is 0 Å². The summed E-state index contributed by atoms with van der Waals surface area (Å²) in [6.07, 6.45) is 0.00819. The van der Waals surface area contributed by atoms with Crippen molar-refractivity contribution in [2.24, 2.45) is 5.73 Å². The largest absolute Gasteiger partial charge is 0.454 e. The third-order valence-corrected chi connectivity index (χ3v) is 8.75. The molecule has 4 N–H and O–H groups in total. The molecular formula is C29H26ClF4N5O3S. The van der Waals surface area contributed by atoms with Crippen LogP contribution in [0.4, 0.5) is 29.2 Å². The monoisotopic (exact) mass is 635 g/mol. The van der Waals surface area contributed by atoms with Gasteiger partial charge in [0.1, 0.15) is 10.6 Å². The van der Waals surface area contributed by atoms with Crippen molar-refractivity contribution in [1.82, 2.24) is 9.97 Å². The first-order valence-corrected chi connectivity index (χ1v) is 15.1. The highest BCUT2D eigenvalue weighted by molar-refractivity contribution is 7.92. The number of anilines is 2. The van der Waals surface area contributed by atoms with E-state index in [2.05, 4.69) is 20.0 Å². The van der Waals surface area contributed by atoms with Crippen LogP contribution in [0, 0.1) is 5.82 Å². The molecule has 0 unspecified atom stereocenters. The number of rotatable bonds is 8. The molecule has 1 saturated carbocycles. The third-order valence-electron chi connectivity index (χ3n) is 6.87. The van der Waals surface area contributed by atoms with Crippen molar-refractivity contribution in [3.63, 3.8) is 0 Å². The second-order valence-electron chi connectivity index (χ2n) is 10.0. The third kappa shape index (κ3) is 7.35. The van der Waals surface area contributed by atoms with Crippen molar-refractivity contribution in [3.05, 3.63) is 89.3 Å². The van der Waals surface area contributed by atoms with Crippen LogP contribution < -0.4 is 20.5 Å². The molecule has 1 aliphatic rings. The number of hydrogen-bond acceptors (Lipinski definition) is 7. The molecule has 1 fully saturated rings. The predicted octanol–water partition coefficient (Wildman–Crippen LogP) is 7.23. The van der Waals surface area contributed by atoms with Gasteiger partial charge in [0, 0.05) is 29.9 Å². The average Bonchev–Trinajstić information content (AvgIpc) is 2.95. The number of halogens is 5. The van der Waals surface area contributed by atoms with Gasteiger partial charge in [0.05, 0.1) is 22.0 Å². The van der Waals surface area contributed by atoms with Gasteiger partial charge in [0.25, 0.3) is 10.0 Å². The normalized spacial score (nSPS) is 17.3. The number of nitrogens with two attached hydrogens (primary N) is 1. The molecule has 0 radical (unpaired) electrons. The molecule has 0 saturated heterocycles. The molecule has 0 bridgehead atoms. The Labute approximate surface area is 250 Å². The van der Waals surface area contributed by atoms with Crippen LogP contribution in [0.25, 0.3) is 11.3 Å². The maximum atomic E-state index is 15.1. The maximum Gasteiger partial charge on any atom is 0.416 e. The van der Waals surface area contributed by atoms with Gasteiger partial charge in [-0.05, 0) is 74.2 Å². The number of nitrogens with zero attached hydrogens (tertiary/aromatic N) is 2. The number of aromatic nitrogens is 2. The summed E-state index contributed by atoms with van der Waals surface area (Å²) in [6.45, 7) is 0. The van der Waals surface area contributed by atoms with E-state index in [1.165, 1.54) is 36.5 Å². The number of ether oxygens (including phenoxy) is 1. The molecule has 0 amide bonds. The molecule has 43 heavy (non-hydrogen) atoms. The van der Waals surface area contributed by atoms with Gasteiger partial charge in [-0.2, -0.15) is 13.2 Å². The lowest BCUT2D eigenvalue weighted by molar-refractivity contribution is -0.137. The summed E-state index contributed by atoms with van der Waals surface area (Å²) in [5.41, 5.74) is 4.97. The molecule has 5 rings (SSSR count). The zero-order chi connectivity index (χ0) is 30.8. The lowest BCUT2D eigenvalue weighted by Gasteiger charge is -2.26. The van der Waals surface area contributed by atoms with E-state index in [0.29, 0.717) is 0 Å². The Morgan fingerprint density at radius 1 is 0.953 bits per heavy atom. The van der Waals surface area contributed by atoms with Gasteiger partial charge in [-0.25, -0.2) is 22.8 Å². The van der Waals surface area contributed by atoms with E-state index in [9.17, 15) is 21.6 Å². The summed E-state index contributed by atoms with van der Waals surface area (Å²) < 4.78 is 89.5. The van der Waals surface area contributed by atoms with Gasteiger partial charge >= 0.3 is 6.18 Å². The van der Waals surface area contributed by atoms with E-state index in [1.807, 2.05) is 0 Å². The summed E-state index contributed by atoms with van der Waals surface area (Å²) >= 11 is 5.99. The molecule has 0 spiro atoms. The number of nitrogens with one attached hydrogen (secondary N) is 2. The molecular weight excluding hydrogens is 610 g/mol. The van der Waals surface area contributed by atoms with Gasteiger partial charge in [0.2, 0.25) is 5.95 Å². The molecule has 1 heterocycles. The van der Waals surface area contributed by atoms with Crippen molar-refractivity contribution in [2.45, 2.75) is 48.8 Å². The number of hydrogen-bond donors (Lipinski definition) is 3. The standard InChI is InChI=1S/C29H26ClF4N5O3S/c30-22-3-1-2-4-27(22)43(40,41)39-20-10-12-26(23(31)16-20)42-25-11-5-17(29(32,33)34)15-21(25)24-13-14-36-28(38-24)37-19-8-6-18(35)7-9-19/h1-5,10-16,18-19,39H,6-9,35H2,(H,36,37,38). The fraction of sp³-hybridized carbons (Fsp3) is 0.241. The van der Waals surface area contributed by atoms with E-state index in [4.69, 9.17) is 22.1 Å². The van der Waals surface area contributed by atoms with Crippen LogP contribution in [0.5, 0.6) is 11.5 Å². The van der Waals surface area contributed by atoms with E-state index in [1.54, 1.807) is 6.07 Å². The Morgan fingerprint density at radius 2 is 1.67 bits per heavy atom. The van der Waals surface area contributed by atoms with E-state index in [-0.39, 0.29) is 56.4 Å². The molecule has 4 aromatic rings. The molecule has 0 atom stereocenters. The zero-order valence-electron chi connectivity index (χ0n) is 22.4. The Kier molecular flexibility index (Phi) is 8.76. The predicted molar refractivity (Wildman–Crippen MR) is 155 cm³/mol. The SMILES string of the molecule is NC1CCC(Nc2nccc(-c3cc(C(F)(F)F)ccc3Oc3ccc(NS(=O)(=O)c4ccccc4Cl)cc3F)n2)CC1. The summed E-state index contributed by atoms with van der Waals surface area (Å²) in [6, 6.07) is 13.4. The van der Waals surface area contributed by atoms with Crippen LogP contribution in [0.15, 0.2) is 77.8 Å². The fourth-order valence-corrected chi connectivity index (χ4v) is 6.23. The molecule has 0 aliphatic heterocycles. The summed E-state index contributed by atoms with van der Waals surface area (Å²) in [5, 5.41) is 3.19. The minimum Gasteiger partial charge on any atom is -0.454 e. The van der Waals surface area contributed by atoms with Gasteiger partial charge < -0.3 is 15.8 Å². The second kappa shape index (κ2) is 12.3. The zero-order valence-corrected chi connectivity index (χ0v) is 24.0. The Bertz CT molecular complexity index is 1730. The van der Waals surface area contributed by atoms with E-state index in [0.717, 1.165) is 56.0 Å². The first-order valence-electron chi connectivity index (χ1n) is 13.2. The van der Waals surface area contributed by atoms with Crippen molar-refractivity contribution >= 4 is 33.3 Å². The van der Waals surface area contributed by atoms with Crippen molar-refractivity contribution in [1.29, 1.82) is 0 Å². The topological polar surface area (TPSA) is 119 Å². The highest BCUT2D eigenvalue weighted by atomic mass is 35.5. The number of sulfonamides is 1.